The Hall–Kier alpha value is -0.550. The molecular weight excluding hydrogens is 136 g/mol. The van der Waals surface area contributed by atoms with Crippen molar-refractivity contribution in [2.45, 2.75) is 45.6 Å². The zero-order chi connectivity index (χ0) is 8.53. The highest BCUT2D eigenvalue weighted by Crippen LogP contribution is 1.94. The van der Waals surface area contributed by atoms with E-state index in [4.69, 9.17) is 5.26 Å². The molecule has 0 aliphatic heterocycles. The van der Waals surface area contributed by atoms with Gasteiger partial charge < -0.3 is 5.32 Å². The minimum Gasteiger partial charge on any atom is -0.314 e. The van der Waals surface area contributed by atoms with Gasteiger partial charge in [0.1, 0.15) is 0 Å². The van der Waals surface area contributed by atoms with Gasteiger partial charge in [0.05, 0.1) is 6.07 Å². The molecule has 0 radical (unpaired) electrons. The molecule has 0 aliphatic rings. The average molecular weight is 154 g/mol. The van der Waals surface area contributed by atoms with Crippen LogP contribution in [0.15, 0.2) is 0 Å². The highest BCUT2D eigenvalue weighted by molar-refractivity contribution is 4.69. The van der Waals surface area contributed by atoms with Gasteiger partial charge in [-0.15, -0.1) is 0 Å². The maximum Gasteiger partial charge on any atom is 0.0622 e. The van der Waals surface area contributed by atoms with Gasteiger partial charge in [-0.3, -0.25) is 0 Å². The van der Waals surface area contributed by atoms with Crippen LogP contribution in [0.1, 0.15) is 39.5 Å². The Morgan fingerprint density at radius 3 is 2.82 bits per heavy atom. The molecule has 11 heavy (non-hydrogen) atoms. The lowest BCUT2D eigenvalue weighted by Crippen LogP contribution is -2.26. The number of unbranched alkanes of at least 4 members (excludes halogenated alkanes) is 1. The lowest BCUT2D eigenvalue weighted by atomic mass is 10.2. The Balaban J connectivity index is 3.05. The SMILES string of the molecule is CCCC(C)NCCCC#N. The second-order valence-electron chi connectivity index (χ2n) is 2.91. The first-order valence-corrected chi connectivity index (χ1v) is 4.41. The van der Waals surface area contributed by atoms with Gasteiger partial charge >= 0.3 is 0 Å². The van der Waals surface area contributed by atoms with Crippen molar-refractivity contribution < 1.29 is 0 Å². The standard InChI is InChI=1S/C9H18N2/c1-3-6-9(2)11-8-5-4-7-10/h9,11H,3-6,8H2,1-2H3. The number of nitrogens with one attached hydrogen (secondary N) is 1. The molecular formula is C9H18N2. The third kappa shape index (κ3) is 7.35. The van der Waals surface area contributed by atoms with Crippen molar-refractivity contribution in [2.24, 2.45) is 0 Å². The molecule has 0 rings (SSSR count). The molecule has 1 N–H and O–H groups in total. The molecule has 2 heteroatoms. The van der Waals surface area contributed by atoms with Gasteiger partial charge in [-0.05, 0) is 26.3 Å². The van der Waals surface area contributed by atoms with Crippen molar-refractivity contribution in [1.29, 1.82) is 5.26 Å². The lowest BCUT2D eigenvalue weighted by Gasteiger charge is -2.10. The second-order valence-corrected chi connectivity index (χ2v) is 2.91. The summed E-state index contributed by atoms with van der Waals surface area (Å²) in [6, 6.07) is 2.74. The highest BCUT2D eigenvalue weighted by atomic mass is 14.9. The Bertz CT molecular complexity index is 115. The van der Waals surface area contributed by atoms with E-state index in [1.165, 1.54) is 12.8 Å². The molecule has 0 aromatic heterocycles. The van der Waals surface area contributed by atoms with Gasteiger partial charge in [0.2, 0.25) is 0 Å². The zero-order valence-corrected chi connectivity index (χ0v) is 7.56. The fraction of sp³-hybridized carbons (Fsp3) is 0.889. The maximum atomic E-state index is 8.26. The summed E-state index contributed by atoms with van der Waals surface area (Å²) in [6.07, 6.45) is 4.11. The first-order valence-electron chi connectivity index (χ1n) is 4.41. The van der Waals surface area contributed by atoms with Crippen LogP contribution >= 0.6 is 0 Å². The number of nitrogens with zero attached hydrogens (tertiary/aromatic N) is 1. The largest absolute Gasteiger partial charge is 0.314 e. The van der Waals surface area contributed by atoms with E-state index < -0.39 is 0 Å². The second kappa shape index (κ2) is 7.56. The van der Waals surface area contributed by atoms with Gasteiger partial charge in [-0.2, -0.15) is 5.26 Å². The van der Waals surface area contributed by atoms with E-state index in [0.29, 0.717) is 12.5 Å². The number of rotatable bonds is 6. The molecule has 0 saturated heterocycles. The van der Waals surface area contributed by atoms with Crippen molar-refractivity contribution >= 4 is 0 Å². The van der Waals surface area contributed by atoms with Crippen LogP contribution in [0.25, 0.3) is 0 Å². The third-order valence-electron chi connectivity index (χ3n) is 1.68. The summed E-state index contributed by atoms with van der Waals surface area (Å²) < 4.78 is 0. The molecule has 1 unspecified atom stereocenters. The monoisotopic (exact) mass is 154 g/mol. The molecule has 0 aromatic carbocycles. The maximum absolute atomic E-state index is 8.26. The van der Waals surface area contributed by atoms with Crippen molar-refractivity contribution in [3.8, 4) is 6.07 Å². The van der Waals surface area contributed by atoms with Gasteiger partial charge in [0.15, 0.2) is 0 Å². The predicted molar refractivity (Wildman–Crippen MR) is 47.2 cm³/mol. The molecule has 1 atom stereocenters. The van der Waals surface area contributed by atoms with Crippen LogP contribution in [0.3, 0.4) is 0 Å². The van der Waals surface area contributed by atoms with Gasteiger partial charge in [0, 0.05) is 12.5 Å². The van der Waals surface area contributed by atoms with Crippen LogP contribution in [0.2, 0.25) is 0 Å². The smallest absolute Gasteiger partial charge is 0.0622 e. The van der Waals surface area contributed by atoms with E-state index in [-0.39, 0.29) is 0 Å². The predicted octanol–water partition coefficient (Wildman–Crippen LogP) is 2.07. The third-order valence-corrected chi connectivity index (χ3v) is 1.68. The Morgan fingerprint density at radius 1 is 1.55 bits per heavy atom. The number of nitriles is 1. The average Bonchev–Trinajstić information content (AvgIpc) is 1.99. The zero-order valence-electron chi connectivity index (χ0n) is 7.56. The number of hydrogen-bond donors (Lipinski definition) is 1. The summed E-state index contributed by atoms with van der Waals surface area (Å²) in [5.74, 6) is 0. The van der Waals surface area contributed by atoms with Gasteiger partial charge in [0.25, 0.3) is 0 Å². The van der Waals surface area contributed by atoms with Crippen LogP contribution in [0, 0.1) is 11.3 Å². The van der Waals surface area contributed by atoms with Gasteiger partial charge in [-0.1, -0.05) is 13.3 Å². The summed E-state index contributed by atoms with van der Waals surface area (Å²) in [7, 11) is 0. The summed E-state index contributed by atoms with van der Waals surface area (Å²) in [4.78, 5) is 0. The van der Waals surface area contributed by atoms with Crippen LogP contribution in [0.5, 0.6) is 0 Å². The quantitative estimate of drug-likeness (QED) is 0.594. The Morgan fingerprint density at radius 2 is 2.27 bits per heavy atom. The van der Waals surface area contributed by atoms with Crippen LogP contribution in [-0.4, -0.2) is 12.6 Å². The van der Waals surface area contributed by atoms with Crippen molar-refractivity contribution in [1.82, 2.24) is 5.32 Å². The molecule has 0 heterocycles. The molecule has 0 saturated carbocycles. The Kier molecular flexibility index (Phi) is 7.18. The summed E-state index contributed by atoms with van der Waals surface area (Å²) in [5.41, 5.74) is 0. The van der Waals surface area contributed by atoms with E-state index in [2.05, 4.69) is 25.2 Å². The van der Waals surface area contributed by atoms with Crippen LogP contribution in [-0.2, 0) is 0 Å². The Labute approximate surface area is 69.6 Å². The minimum absolute atomic E-state index is 0.610. The minimum atomic E-state index is 0.610. The van der Waals surface area contributed by atoms with Crippen LogP contribution in [0.4, 0.5) is 0 Å². The fourth-order valence-corrected chi connectivity index (χ4v) is 1.05. The van der Waals surface area contributed by atoms with E-state index >= 15 is 0 Å². The van der Waals surface area contributed by atoms with E-state index in [1.807, 2.05) is 0 Å². The summed E-state index contributed by atoms with van der Waals surface area (Å²) in [6.45, 7) is 5.36. The molecule has 64 valence electrons. The summed E-state index contributed by atoms with van der Waals surface area (Å²) >= 11 is 0. The first-order chi connectivity index (χ1) is 5.31. The molecule has 2 nitrogen and oxygen atoms in total. The first kappa shape index (κ1) is 10.4. The van der Waals surface area contributed by atoms with Crippen molar-refractivity contribution in [2.75, 3.05) is 6.54 Å². The van der Waals surface area contributed by atoms with E-state index in [0.717, 1.165) is 13.0 Å². The van der Waals surface area contributed by atoms with Gasteiger partial charge in [-0.25, -0.2) is 0 Å². The molecule has 0 amide bonds. The molecule has 0 aromatic rings. The lowest BCUT2D eigenvalue weighted by molar-refractivity contribution is 0.503. The normalized spacial score (nSPS) is 12.5. The molecule has 0 bridgehead atoms. The van der Waals surface area contributed by atoms with E-state index in [1.54, 1.807) is 0 Å². The number of hydrogen-bond acceptors (Lipinski definition) is 2. The summed E-state index contributed by atoms with van der Waals surface area (Å²) in [5, 5.41) is 11.6. The highest BCUT2D eigenvalue weighted by Gasteiger charge is 1.96. The molecule has 0 spiro atoms. The van der Waals surface area contributed by atoms with Crippen LogP contribution < -0.4 is 5.32 Å². The molecule has 0 aliphatic carbocycles. The fourth-order valence-electron chi connectivity index (χ4n) is 1.05. The topological polar surface area (TPSA) is 35.8 Å². The molecule has 0 fully saturated rings. The van der Waals surface area contributed by atoms with E-state index in [9.17, 15) is 0 Å². The van der Waals surface area contributed by atoms with Crippen molar-refractivity contribution in [3.05, 3.63) is 0 Å². The van der Waals surface area contributed by atoms with Crippen molar-refractivity contribution in [3.63, 3.8) is 0 Å².